The number of nitro benzene ring substituents is 1. The second-order valence-electron chi connectivity index (χ2n) is 5.53. The van der Waals surface area contributed by atoms with Crippen LogP contribution in [-0.4, -0.2) is 16.9 Å². The number of hydrogen-bond donors (Lipinski definition) is 1. The quantitative estimate of drug-likeness (QED) is 0.641. The van der Waals surface area contributed by atoms with Gasteiger partial charge in [0.05, 0.1) is 10.6 Å². The predicted molar refractivity (Wildman–Crippen MR) is 92.3 cm³/mol. The Morgan fingerprint density at radius 1 is 1.21 bits per heavy atom. The summed E-state index contributed by atoms with van der Waals surface area (Å²) in [7, 11) is 0. The van der Waals surface area contributed by atoms with Gasteiger partial charge in [-0.05, 0) is 37.5 Å². The molecular formula is C18H20N2O4. The molecule has 1 amide bonds. The van der Waals surface area contributed by atoms with E-state index in [2.05, 4.69) is 5.32 Å². The molecule has 1 N–H and O–H groups in total. The van der Waals surface area contributed by atoms with E-state index in [0.29, 0.717) is 17.9 Å². The summed E-state index contributed by atoms with van der Waals surface area (Å²) >= 11 is 0. The molecule has 2 aromatic rings. The highest BCUT2D eigenvalue weighted by atomic mass is 16.6. The first-order valence-corrected chi connectivity index (χ1v) is 7.70. The number of carbonyl (C=O) groups is 1. The zero-order valence-corrected chi connectivity index (χ0v) is 13.9. The zero-order valence-electron chi connectivity index (χ0n) is 13.9. The van der Waals surface area contributed by atoms with Gasteiger partial charge in [0.2, 0.25) is 0 Å². The smallest absolute Gasteiger partial charge is 0.271 e. The van der Waals surface area contributed by atoms with Crippen molar-refractivity contribution in [1.29, 1.82) is 0 Å². The number of ether oxygens (including phenoxy) is 1. The Labute approximate surface area is 140 Å². The monoisotopic (exact) mass is 328 g/mol. The van der Waals surface area contributed by atoms with Gasteiger partial charge in [0, 0.05) is 12.1 Å². The van der Waals surface area contributed by atoms with Crippen LogP contribution in [0.15, 0.2) is 42.5 Å². The molecule has 126 valence electrons. The van der Waals surface area contributed by atoms with E-state index in [0.717, 1.165) is 11.1 Å². The van der Waals surface area contributed by atoms with Crippen molar-refractivity contribution in [3.63, 3.8) is 0 Å². The van der Waals surface area contributed by atoms with Crippen molar-refractivity contribution >= 4 is 17.3 Å². The average Bonchev–Trinajstić information content (AvgIpc) is 2.55. The minimum atomic E-state index is -0.676. The lowest BCUT2D eigenvalue weighted by Gasteiger charge is -2.19. The van der Waals surface area contributed by atoms with E-state index in [-0.39, 0.29) is 11.6 Å². The molecule has 6 heteroatoms. The summed E-state index contributed by atoms with van der Waals surface area (Å²) in [6.45, 7) is 5.54. The number of rotatable bonds is 6. The van der Waals surface area contributed by atoms with Crippen LogP contribution >= 0.6 is 0 Å². The van der Waals surface area contributed by atoms with Crippen LogP contribution in [0.3, 0.4) is 0 Å². The van der Waals surface area contributed by atoms with Gasteiger partial charge in [-0.25, -0.2) is 0 Å². The van der Waals surface area contributed by atoms with Crippen LogP contribution in [0.4, 0.5) is 11.4 Å². The maximum Gasteiger partial charge on any atom is 0.271 e. The lowest BCUT2D eigenvalue weighted by Crippen LogP contribution is -2.32. The van der Waals surface area contributed by atoms with Crippen LogP contribution in [0, 0.1) is 24.0 Å². The van der Waals surface area contributed by atoms with E-state index in [1.807, 2.05) is 38.1 Å². The molecule has 0 unspecified atom stereocenters. The highest BCUT2D eigenvalue weighted by Gasteiger charge is 2.20. The number of nitro groups is 1. The topological polar surface area (TPSA) is 81.5 Å². The first-order valence-electron chi connectivity index (χ1n) is 7.70. The number of benzene rings is 2. The van der Waals surface area contributed by atoms with Crippen LogP contribution in [0.2, 0.25) is 0 Å². The molecule has 0 saturated carbocycles. The summed E-state index contributed by atoms with van der Waals surface area (Å²) in [6.07, 6.45) is -0.196. The van der Waals surface area contributed by atoms with E-state index in [1.165, 1.54) is 12.1 Å². The van der Waals surface area contributed by atoms with Crippen LogP contribution < -0.4 is 10.1 Å². The standard InChI is InChI=1S/C18H20N2O4/c1-4-16(24-17-8-6-5-7-13(17)3)18(21)19-15-11-14(20(22)23)10-9-12(15)2/h5-11,16H,4H2,1-3H3,(H,19,21)/t16-/m1/s1. The maximum absolute atomic E-state index is 12.5. The van der Waals surface area contributed by atoms with Crippen molar-refractivity contribution in [2.45, 2.75) is 33.3 Å². The molecule has 2 aromatic carbocycles. The van der Waals surface area contributed by atoms with Gasteiger partial charge in [-0.15, -0.1) is 0 Å². The van der Waals surface area contributed by atoms with Crippen LogP contribution in [0.25, 0.3) is 0 Å². The summed E-state index contributed by atoms with van der Waals surface area (Å²) in [5.41, 5.74) is 2.04. The Morgan fingerprint density at radius 2 is 1.92 bits per heavy atom. The number of para-hydroxylation sites is 1. The van der Waals surface area contributed by atoms with E-state index in [4.69, 9.17) is 4.74 Å². The summed E-state index contributed by atoms with van der Waals surface area (Å²) in [5.74, 6) is 0.319. The SMILES string of the molecule is CC[C@@H](Oc1ccccc1C)C(=O)Nc1cc([N+](=O)[O-])ccc1C. The van der Waals surface area contributed by atoms with E-state index >= 15 is 0 Å². The fraction of sp³-hybridized carbons (Fsp3) is 0.278. The Kier molecular flexibility index (Phi) is 5.52. The largest absolute Gasteiger partial charge is 0.480 e. The molecule has 0 fully saturated rings. The number of non-ortho nitro benzene ring substituents is 1. The van der Waals surface area contributed by atoms with Crippen LogP contribution in [-0.2, 0) is 4.79 Å². The first kappa shape index (κ1) is 17.5. The molecule has 6 nitrogen and oxygen atoms in total. The second kappa shape index (κ2) is 7.59. The molecule has 0 saturated heterocycles. The second-order valence-corrected chi connectivity index (χ2v) is 5.53. The van der Waals surface area contributed by atoms with E-state index in [9.17, 15) is 14.9 Å². The minimum absolute atomic E-state index is 0.0660. The molecule has 0 heterocycles. The number of carbonyl (C=O) groups excluding carboxylic acids is 1. The van der Waals surface area contributed by atoms with Crippen molar-refractivity contribution in [2.75, 3.05) is 5.32 Å². The van der Waals surface area contributed by atoms with Gasteiger partial charge in [-0.3, -0.25) is 14.9 Å². The number of anilines is 1. The summed E-state index contributed by atoms with van der Waals surface area (Å²) in [4.78, 5) is 22.9. The van der Waals surface area contributed by atoms with Gasteiger partial charge in [-0.1, -0.05) is 31.2 Å². The van der Waals surface area contributed by atoms with E-state index in [1.54, 1.807) is 13.0 Å². The third-order valence-electron chi connectivity index (χ3n) is 3.72. The molecule has 0 bridgehead atoms. The van der Waals surface area contributed by atoms with Gasteiger partial charge in [0.15, 0.2) is 6.10 Å². The molecule has 0 aromatic heterocycles. The van der Waals surface area contributed by atoms with Crippen molar-refractivity contribution in [1.82, 2.24) is 0 Å². The Morgan fingerprint density at radius 3 is 2.54 bits per heavy atom. The lowest BCUT2D eigenvalue weighted by molar-refractivity contribution is -0.384. The maximum atomic E-state index is 12.5. The first-order chi connectivity index (χ1) is 11.4. The third-order valence-corrected chi connectivity index (χ3v) is 3.72. The molecule has 0 spiro atoms. The van der Waals surface area contributed by atoms with Gasteiger partial charge < -0.3 is 10.1 Å². The summed E-state index contributed by atoms with van der Waals surface area (Å²) in [5, 5.41) is 13.6. The molecule has 24 heavy (non-hydrogen) atoms. The van der Waals surface area contributed by atoms with Crippen molar-refractivity contribution in [3.05, 3.63) is 63.7 Å². The normalized spacial score (nSPS) is 11.6. The van der Waals surface area contributed by atoms with Gasteiger partial charge in [0.25, 0.3) is 11.6 Å². The highest BCUT2D eigenvalue weighted by molar-refractivity contribution is 5.95. The molecule has 0 aliphatic heterocycles. The van der Waals surface area contributed by atoms with Crippen LogP contribution in [0.1, 0.15) is 24.5 Å². The number of amides is 1. The van der Waals surface area contributed by atoms with Crippen molar-refractivity contribution < 1.29 is 14.5 Å². The molecule has 0 radical (unpaired) electrons. The van der Waals surface area contributed by atoms with E-state index < -0.39 is 11.0 Å². The fourth-order valence-electron chi connectivity index (χ4n) is 2.24. The molecule has 0 aliphatic rings. The highest BCUT2D eigenvalue weighted by Crippen LogP contribution is 2.23. The zero-order chi connectivity index (χ0) is 17.7. The van der Waals surface area contributed by atoms with Gasteiger partial charge >= 0.3 is 0 Å². The summed E-state index contributed by atoms with van der Waals surface area (Å²) < 4.78 is 5.80. The van der Waals surface area contributed by atoms with Crippen molar-refractivity contribution in [2.24, 2.45) is 0 Å². The van der Waals surface area contributed by atoms with Gasteiger partial charge in [0.1, 0.15) is 5.75 Å². The number of nitrogens with zero attached hydrogens (tertiary/aromatic N) is 1. The number of hydrogen-bond acceptors (Lipinski definition) is 4. The predicted octanol–water partition coefficient (Wildman–Crippen LogP) is 4.01. The third kappa shape index (κ3) is 4.10. The Hall–Kier alpha value is -2.89. The number of aryl methyl sites for hydroxylation is 2. The van der Waals surface area contributed by atoms with Crippen LogP contribution in [0.5, 0.6) is 5.75 Å². The Balaban J connectivity index is 2.16. The molecule has 2 rings (SSSR count). The van der Waals surface area contributed by atoms with Crippen molar-refractivity contribution in [3.8, 4) is 5.75 Å². The molecule has 1 atom stereocenters. The average molecular weight is 328 g/mol. The summed E-state index contributed by atoms with van der Waals surface area (Å²) in [6, 6.07) is 11.8. The number of nitrogens with one attached hydrogen (secondary N) is 1. The minimum Gasteiger partial charge on any atom is -0.480 e. The fourth-order valence-corrected chi connectivity index (χ4v) is 2.24. The Bertz CT molecular complexity index is 758. The molecule has 0 aliphatic carbocycles. The molecular weight excluding hydrogens is 308 g/mol. The van der Waals surface area contributed by atoms with Gasteiger partial charge in [-0.2, -0.15) is 0 Å². The lowest BCUT2D eigenvalue weighted by atomic mass is 10.1.